The number of aryl methyl sites for hydroxylation is 1. The van der Waals surface area contributed by atoms with Gasteiger partial charge in [-0.15, -0.1) is 0 Å². The topological polar surface area (TPSA) is 58.7 Å². The number of carbonyl (C=O) groups is 1. The lowest BCUT2D eigenvalue weighted by molar-refractivity contribution is -0.120. The lowest BCUT2D eigenvalue weighted by Gasteiger charge is -2.30. The summed E-state index contributed by atoms with van der Waals surface area (Å²) in [6.45, 7) is 2.15. The second-order valence-electron chi connectivity index (χ2n) is 7.65. The lowest BCUT2D eigenvalue weighted by Crippen LogP contribution is -2.30. The van der Waals surface area contributed by atoms with E-state index in [-0.39, 0.29) is 5.78 Å². The molecule has 2 saturated carbocycles. The summed E-state index contributed by atoms with van der Waals surface area (Å²) < 4.78 is 2.23. The molecular formula is C21H25N3O. The molecule has 1 aromatic carbocycles. The van der Waals surface area contributed by atoms with E-state index in [1.807, 2.05) is 0 Å². The summed E-state index contributed by atoms with van der Waals surface area (Å²) >= 11 is 0. The maximum absolute atomic E-state index is 11.7. The Balaban J connectivity index is 1.82. The molecule has 130 valence electrons. The van der Waals surface area contributed by atoms with Crippen molar-refractivity contribution >= 4 is 16.7 Å². The van der Waals surface area contributed by atoms with Crippen LogP contribution in [0.25, 0.3) is 10.9 Å². The third-order valence-corrected chi connectivity index (χ3v) is 6.22. The van der Waals surface area contributed by atoms with Crippen LogP contribution in [0, 0.1) is 11.3 Å². The summed E-state index contributed by atoms with van der Waals surface area (Å²) in [4.78, 5) is 11.7. The van der Waals surface area contributed by atoms with E-state index in [1.54, 1.807) is 0 Å². The van der Waals surface area contributed by atoms with E-state index in [0.29, 0.717) is 31.7 Å². The Bertz CT molecular complexity index is 842. The smallest absolute Gasteiger partial charge is 0.133 e. The zero-order valence-corrected chi connectivity index (χ0v) is 14.9. The van der Waals surface area contributed by atoms with Crippen LogP contribution >= 0.6 is 0 Å². The van der Waals surface area contributed by atoms with Crippen LogP contribution < -0.4 is 0 Å². The van der Waals surface area contributed by atoms with Crippen molar-refractivity contribution in [2.75, 3.05) is 0 Å². The molecule has 0 N–H and O–H groups in total. The molecule has 0 aliphatic heterocycles. The summed E-state index contributed by atoms with van der Waals surface area (Å²) in [6, 6.07) is 9.48. The van der Waals surface area contributed by atoms with Crippen molar-refractivity contribution in [3.8, 4) is 6.07 Å². The Kier molecular flexibility index (Phi) is 4.11. The monoisotopic (exact) mass is 335 g/mol. The molecule has 4 rings (SSSR count). The van der Waals surface area contributed by atoms with Crippen LogP contribution in [0.15, 0.2) is 18.2 Å². The van der Waals surface area contributed by atoms with Gasteiger partial charge in [-0.1, -0.05) is 31.9 Å². The molecule has 0 bridgehead atoms. The van der Waals surface area contributed by atoms with Crippen molar-refractivity contribution in [3.63, 3.8) is 0 Å². The molecule has 0 spiro atoms. The number of rotatable bonds is 3. The molecule has 0 unspecified atom stereocenters. The minimum Gasteiger partial charge on any atom is -0.300 e. The van der Waals surface area contributed by atoms with E-state index in [4.69, 9.17) is 5.10 Å². The molecule has 2 aliphatic rings. The first-order valence-corrected chi connectivity index (χ1v) is 9.61. The third kappa shape index (κ3) is 2.66. The normalized spacial score (nSPS) is 20.9. The maximum atomic E-state index is 11.7. The summed E-state index contributed by atoms with van der Waals surface area (Å²) in [6.07, 6.45) is 8.20. The van der Waals surface area contributed by atoms with Crippen LogP contribution in [-0.2, 0) is 16.6 Å². The van der Waals surface area contributed by atoms with Gasteiger partial charge in [-0.05, 0) is 43.7 Å². The number of hydrogen-bond acceptors (Lipinski definition) is 3. The lowest BCUT2D eigenvalue weighted by atomic mass is 9.70. The number of Topliss-reactive ketones (excluding diaryl/α,β-unsaturated/α-hetero) is 1. The van der Waals surface area contributed by atoms with Crippen LogP contribution in [-0.4, -0.2) is 15.6 Å². The quantitative estimate of drug-likeness (QED) is 0.822. The van der Waals surface area contributed by atoms with Gasteiger partial charge < -0.3 is 0 Å². The summed E-state index contributed by atoms with van der Waals surface area (Å²) in [5.74, 6) is 0.288. The van der Waals surface area contributed by atoms with Crippen LogP contribution in [0.4, 0.5) is 0 Å². The molecule has 4 heteroatoms. The maximum Gasteiger partial charge on any atom is 0.133 e. The van der Waals surface area contributed by atoms with E-state index in [9.17, 15) is 10.1 Å². The Morgan fingerprint density at radius 3 is 2.64 bits per heavy atom. The Labute approximate surface area is 148 Å². The standard InChI is InChI=1S/C21H25N3O/c1-2-19-18-8-7-15(21(14-22)11-9-17(25)10-12-21)13-20(18)24(23-19)16-5-3-4-6-16/h7-8,13,16H,2-6,9-12H2,1H3. The van der Waals surface area contributed by atoms with Gasteiger partial charge in [0.1, 0.15) is 5.78 Å². The summed E-state index contributed by atoms with van der Waals surface area (Å²) in [7, 11) is 0. The zero-order valence-electron chi connectivity index (χ0n) is 14.9. The molecular weight excluding hydrogens is 310 g/mol. The largest absolute Gasteiger partial charge is 0.300 e. The van der Waals surface area contributed by atoms with Crippen LogP contribution in [0.1, 0.15) is 75.6 Å². The number of benzene rings is 1. The molecule has 0 radical (unpaired) electrons. The first kappa shape index (κ1) is 16.3. The average molecular weight is 335 g/mol. The highest BCUT2D eigenvalue weighted by Gasteiger charge is 2.37. The van der Waals surface area contributed by atoms with Crippen LogP contribution in [0.2, 0.25) is 0 Å². The van der Waals surface area contributed by atoms with Gasteiger partial charge in [0.05, 0.1) is 28.7 Å². The molecule has 4 nitrogen and oxygen atoms in total. The molecule has 1 aromatic heterocycles. The van der Waals surface area contributed by atoms with Gasteiger partial charge in [-0.3, -0.25) is 9.48 Å². The minimum absolute atomic E-state index is 0.288. The number of nitrogens with zero attached hydrogens (tertiary/aromatic N) is 3. The average Bonchev–Trinajstić information content (AvgIpc) is 3.29. The fraction of sp³-hybridized carbons (Fsp3) is 0.571. The van der Waals surface area contributed by atoms with Gasteiger partial charge in [0, 0.05) is 18.2 Å². The van der Waals surface area contributed by atoms with Gasteiger partial charge in [-0.2, -0.15) is 10.4 Å². The predicted molar refractivity (Wildman–Crippen MR) is 97.4 cm³/mol. The zero-order chi connectivity index (χ0) is 17.4. The highest BCUT2D eigenvalue weighted by Crippen LogP contribution is 2.40. The van der Waals surface area contributed by atoms with Gasteiger partial charge >= 0.3 is 0 Å². The Hall–Kier alpha value is -2.15. The van der Waals surface area contributed by atoms with Gasteiger partial charge in [0.25, 0.3) is 0 Å². The van der Waals surface area contributed by atoms with E-state index in [1.165, 1.54) is 36.6 Å². The Morgan fingerprint density at radius 2 is 2.00 bits per heavy atom. The minimum atomic E-state index is -0.515. The molecule has 25 heavy (non-hydrogen) atoms. The Morgan fingerprint density at radius 1 is 1.28 bits per heavy atom. The fourth-order valence-corrected chi connectivity index (χ4v) is 4.61. The SMILES string of the molecule is CCc1nn(C2CCCC2)c2cc(C3(C#N)CCC(=O)CC3)ccc12. The number of hydrogen-bond donors (Lipinski definition) is 0. The molecule has 0 saturated heterocycles. The van der Waals surface area contributed by atoms with Crippen molar-refractivity contribution in [2.24, 2.45) is 0 Å². The van der Waals surface area contributed by atoms with Crippen molar-refractivity contribution in [2.45, 2.75) is 76.2 Å². The third-order valence-electron chi connectivity index (χ3n) is 6.22. The van der Waals surface area contributed by atoms with Crippen LogP contribution in [0.5, 0.6) is 0 Å². The first-order valence-electron chi connectivity index (χ1n) is 9.61. The fourth-order valence-electron chi connectivity index (χ4n) is 4.61. The predicted octanol–water partition coefficient (Wildman–Crippen LogP) is 4.62. The second-order valence-corrected chi connectivity index (χ2v) is 7.65. The second kappa shape index (κ2) is 6.29. The number of nitriles is 1. The van der Waals surface area contributed by atoms with Crippen molar-refractivity contribution in [1.82, 2.24) is 9.78 Å². The van der Waals surface area contributed by atoms with Gasteiger partial charge in [-0.25, -0.2) is 0 Å². The summed E-state index contributed by atoms with van der Waals surface area (Å²) in [5, 5.41) is 16.0. The number of aromatic nitrogens is 2. The van der Waals surface area contributed by atoms with Crippen LogP contribution in [0.3, 0.4) is 0 Å². The molecule has 2 aromatic rings. The molecule has 2 fully saturated rings. The van der Waals surface area contributed by atoms with Crippen molar-refractivity contribution in [3.05, 3.63) is 29.5 Å². The first-order chi connectivity index (χ1) is 12.2. The van der Waals surface area contributed by atoms with Gasteiger partial charge in [0.15, 0.2) is 0 Å². The highest BCUT2D eigenvalue weighted by atomic mass is 16.1. The van der Waals surface area contributed by atoms with E-state index >= 15 is 0 Å². The number of fused-ring (bicyclic) bond motifs is 1. The highest BCUT2D eigenvalue weighted by molar-refractivity contribution is 5.84. The van der Waals surface area contributed by atoms with E-state index in [0.717, 1.165) is 17.7 Å². The molecule has 0 amide bonds. The molecule has 2 aliphatic carbocycles. The molecule has 0 atom stereocenters. The number of ketones is 1. The van der Waals surface area contributed by atoms with E-state index in [2.05, 4.69) is 35.9 Å². The molecule has 1 heterocycles. The summed E-state index contributed by atoms with van der Waals surface area (Å²) in [5.41, 5.74) is 2.88. The van der Waals surface area contributed by atoms with E-state index < -0.39 is 5.41 Å². The van der Waals surface area contributed by atoms with Gasteiger partial charge in [0.2, 0.25) is 0 Å². The number of carbonyl (C=O) groups excluding carboxylic acids is 1. The van der Waals surface area contributed by atoms with Crippen molar-refractivity contribution in [1.29, 1.82) is 5.26 Å². The van der Waals surface area contributed by atoms with Crippen molar-refractivity contribution < 1.29 is 4.79 Å².